The summed E-state index contributed by atoms with van der Waals surface area (Å²) < 4.78 is 51.3. The first-order chi connectivity index (χ1) is 12.8. The molecular weight excluding hydrogens is 362 g/mol. The highest BCUT2D eigenvalue weighted by atomic mass is 19.4. The van der Waals surface area contributed by atoms with Crippen molar-refractivity contribution in [1.82, 2.24) is 4.98 Å². The largest absolute Gasteiger partial charge is 0.416 e. The van der Waals surface area contributed by atoms with Gasteiger partial charge >= 0.3 is 6.18 Å². The molecule has 0 spiro atoms. The number of hydrogen-bond donors (Lipinski definition) is 2. The van der Waals surface area contributed by atoms with Crippen LogP contribution in [-0.2, 0) is 6.18 Å². The molecule has 2 aromatic carbocycles. The highest BCUT2D eigenvalue weighted by Crippen LogP contribution is 2.30. The summed E-state index contributed by atoms with van der Waals surface area (Å²) >= 11 is 0. The fourth-order valence-electron chi connectivity index (χ4n) is 2.29. The van der Waals surface area contributed by atoms with Gasteiger partial charge in [-0.1, -0.05) is 12.1 Å². The maximum Gasteiger partial charge on any atom is 0.416 e. The molecule has 138 valence electrons. The standard InChI is InChI=1S/C19H13F4N3O/c20-14-4-2-6-16(10-14)25-17-8-7-12(11-24-17)18(27)26-15-5-1-3-13(9-15)19(21,22)23/h1-11H,(H,24,25)(H,26,27). The summed E-state index contributed by atoms with van der Waals surface area (Å²) in [5.74, 6) is -0.618. The van der Waals surface area contributed by atoms with E-state index in [1.807, 2.05) is 0 Å². The first-order valence-corrected chi connectivity index (χ1v) is 7.78. The van der Waals surface area contributed by atoms with E-state index in [0.717, 1.165) is 12.1 Å². The molecule has 0 aliphatic heterocycles. The third kappa shape index (κ3) is 4.81. The Labute approximate surface area is 151 Å². The van der Waals surface area contributed by atoms with E-state index in [9.17, 15) is 22.4 Å². The SMILES string of the molecule is O=C(Nc1cccc(C(F)(F)F)c1)c1ccc(Nc2cccc(F)c2)nc1. The van der Waals surface area contributed by atoms with Crippen molar-refractivity contribution in [2.24, 2.45) is 0 Å². The topological polar surface area (TPSA) is 54.0 Å². The van der Waals surface area contributed by atoms with E-state index in [1.54, 1.807) is 6.07 Å². The Morgan fingerprint density at radius 1 is 0.926 bits per heavy atom. The van der Waals surface area contributed by atoms with Gasteiger partial charge in [0.2, 0.25) is 0 Å². The van der Waals surface area contributed by atoms with E-state index in [1.165, 1.54) is 48.7 Å². The van der Waals surface area contributed by atoms with Gasteiger partial charge in [-0.2, -0.15) is 13.2 Å². The Balaban J connectivity index is 1.69. The second-order valence-electron chi connectivity index (χ2n) is 5.60. The van der Waals surface area contributed by atoms with E-state index in [-0.39, 0.29) is 11.3 Å². The minimum atomic E-state index is -4.49. The zero-order chi connectivity index (χ0) is 19.4. The number of amides is 1. The summed E-state index contributed by atoms with van der Waals surface area (Å²) in [5.41, 5.74) is -0.175. The first-order valence-electron chi connectivity index (χ1n) is 7.78. The molecule has 1 heterocycles. The normalized spacial score (nSPS) is 11.1. The maximum atomic E-state index is 13.2. The molecule has 0 saturated carbocycles. The summed E-state index contributed by atoms with van der Waals surface area (Å²) in [4.78, 5) is 16.2. The molecule has 0 aliphatic carbocycles. The van der Waals surface area contributed by atoms with Crippen LogP contribution in [0.5, 0.6) is 0 Å². The molecule has 0 saturated heterocycles. The van der Waals surface area contributed by atoms with Gasteiger partial charge in [-0.05, 0) is 48.5 Å². The number of nitrogens with one attached hydrogen (secondary N) is 2. The molecule has 0 bridgehead atoms. The number of halogens is 4. The van der Waals surface area contributed by atoms with Crippen molar-refractivity contribution in [3.05, 3.63) is 83.8 Å². The molecule has 3 rings (SSSR count). The first kappa shape index (κ1) is 18.4. The molecule has 1 amide bonds. The number of carbonyl (C=O) groups excluding carboxylic acids is 1. The van der Waals surface area contributed by atoms with Crippen LogP contribution in [0.3, 0.4) is 0 Å². The zero-order valence-corrected chi connectivity index (χ0v) is 13.7. The summed E-state index contributed by atoms with van der Waals surface area (Å²) in [5, 5.41) is 5.28. The van der Waals surface area contributed by atoms with Crippen LogP contribution in [0.4, 0.5) is 34.8 Å². The van der Waals surface area contributed by atoms with Crippen LogP contribution in [-0.4, -0.2) is 10.9 Å². The number of aromatic nitrogens is 1. The van der Waals surface area contributed by atoms with Gasteiger partial charge in [0.25, 0.3) is 5.91 Å². The van der Waals surface area contributed by atoms with Gasteiger partial charge in [0.05, 0.1) is 11.1 Å². The molecule has 8 heteroatoms. The molecule has 2 N–H and O–H groups in total. The van der Waals surface area contributed by atoms with Gasteiger partial charge in [-0.25, -0.2) is 9.37 Å². The molecular formula is C19H13F4N3O. The third-order valence-corrected chi connectivity index (χ3v) is 3.57. The van der Waals surface area contributed by atoms with Crippen molar-refractivity contribution in [3.8, 4) is 0 Å². The molecule has 4 nitrogen and oxygen atoms in total. The Morgan fingerprint density at radius 2 is 1.67 bits per heavy atom. The van der Waals surface area contributed by atoms with Gasteiger partial charge in [0.15, 0.2) is 0 Å². The molecule has 0 fully saturated rings. The number of rotatable bonds is 4. The van der Waals surface area contributed by atoms with Crippen LogP contribution >= 0.6 is 0 Å². The summed E-state index contributed by atoms with van der Waals surface area (Å²) in [6.07, 6.45) is -3.23. The molecule has 0 radical (unpaired) electrons. The van der Waals surface area contributed by atoms with Crippen molar-refractivity contribution in [3.63, 3.8) is 0 Å². The Morgan fingerprint density at radius 3 is 2.33 bits per heavy atom. The van der Waals surface area contributed by atoms with E-state index < -0.39 is 23.5 Å². The number of benzene rings is 2. The number of nitrogens with zero attached hydrogens (tertiary/aromatic N) is 1. The third-order valence-electron chi connectivity index (χ3n) is 3.57. The van der Waals surface area contributed by atoms with Crippen LogP contribution in [0.15, 0.2) is 66.9 Å². The van der Waals surface area contributed by atoms with Crippen LogP contribution in [0.1, 0.15) is 15.9 Å². The fourth-order valence-corrected chi connectivity index (χ4v) is 2.29. The lowest BCUT2D eigenvalue weighted by Crippen LogP contribution is -2.13. The predicted octanol–water partition coefficient (Wildman–Crippen LogP) is 5.24. The van der Waals surface area contributed by atoms with Crippen molar-refractivity contribution >= 4 is 23.1 Å². The molecule has 1 aromatic heterocycles. The number of pyridine rings is 1. The van der Waals surface area contributed by atoms with E-state index in [4.69, 9.17) is 0 Å². The number of anilines is 3. The van der Waals surface area contributed by atoms with Crippen LogP contribution in [0.2, 0.25) is 0 Å². The minimum Gasteiger partial charge on any atom is -0.340 e. The van der Waals surface area contributed by atoms with Crippen molar-refractivity contribution in [2.45, 2.75) is 6.18 Å². The van der Waals surface area contributed by atoms with Crippen LogP contribution in [0, 0.1) is 5.82 Å². The van der Waals surface area contributed by atoms with Gasteiger partial charge in [0.1, 0.15) is 11.6 Å². The van der Waals surface area contributed by atoms with E-state index in [0.29, 0.717) is 11.5 Å². The quantitative estimate of drug-likeness (QED) is 0.614. The second kappa shape index (κ2) is 7.45. The minimum absolute atomic E-state index is 0.0248. The van der Waals surface area contributed by atoms with E-state index >= 15 is 0 Å². The van der Waals surface area contributed by atoms with Crippen LogP contribution < -0.4 is 10.6 Å². The summed E-state index contributed by atoms with van der Waals surface area (Å²) in [6.45, 7) is 0. The zero-order valence-electron chi connectivity index (χ0n) is 13.7. The monoisotopic (exact) mass is 375 g/mol. The highest BCUT2D eigenvalue weighted by molar-refractivity contribution is 6.04. The summed E-state index contributed by atoms with van der Waals surface area (Å²) in [7, 11) is 0. The molecule has 0 unspecified atom stereocenters. The Hall–Kier alpha value is -3.42. The summed E-state index contributed by atoms with van der Waals surface area (Å²) in [6, 6.07) is 13.1. The van der Waals surface area contributed by atoms with Crippen molar-refractivity contribution < 1.29 is 22.4 Å². The molecule has 3 aromatic rings. The van der Waals surface area contributed by atoms with Crippen LogP contribution in [0.25, 0.3) is 0 Å². The number of hydrogen-bond acceptors (Lipinski definition) is 3. The smallest absolute Gasteiger partial charge is 0.340 e. The van der Waals surface area contributed by atoms with Crippen molar-refractivity contribution in [2.75, 3.05) is 10.6 Å². The van der Waals surface area contributed by atoms with E-state index in [2.05, 4.69) is 15.6 Å². The Kier molecular flexibility index (Phi) is 5.07. The molecule has 27 heavy (non-hydrogen) atoms. The lowest BCUT2D eigenvalue weighted by molar-refractivity contribution is -0.137. The lowest BCUT2D eigenvalue weighted by Gasteiger charge is -2.10. The maximum absolute atomic E-state index is 13.2. The number of alkyl halides is 3. The average Bonchev–Trinajstić information content (AvgIpc) is 2.62. The van der Waals surface area contributed by atoms with Gasteiger partial charge in [0, 0.05) is 17.6 Å². The predicted molar refractivity (Wildman–Crippen MR) is 93.3 cm³/mol. The van der Waals surface area contributed by atoms with Gasteiger partial charge in [-0.15, -0.1) is 0 Å². The highest BCUT2D eigenvalue weighted by Gasteiger charge is 2.30. The Bertz CT molecular complexity index is 956. The fraction of sp³-hybridized carbons (Fsp3) is 0.0526. The second-order valence-corrected chi connectivity index (χ2v) is 5.60. The molecule has 0 aliphatic rings. The van der Waals surface area contributed by atoms with Crippen molar-refractivity contribution in [1.29, 1.82) is 0 Å². The number of carbonyl (C=O) groups is 1. The van der Waals surface area contributed by atoms with Gasteiger partial charge in [-0.3, -0.25) is 4.79 Å². The van der Waals surface area contributed by atoms with Gasteiger partial charge < -0.3 is 10.6 Å². The average molecular weight is 375 g/mol. The molecule has 0 atom stereocenters. The lowest BCUT2D eigenvalue weighted by atomic mass is 10.2.